The van der Waals surface area contributed by atoms with E-state index in [1.807, 2.05) is 39.0 Å². The molecule has 4 heteroatoms. The second-order valence-corrected chi connectivity index (χ2v) is 5.92. The molecular weight excluding hydrogens is 298 g/mol. The highest BCUT2D eigenvalue weighted by atomic mass is 16.1. The van der Waals surface area contributed by atoms with Gasteiger partial charge in [0, 0.05) is 16.8 Å². The van der Waals surface area contributed by atoms with E-state index >= 15 is 0 Å². The number of H-pyrrole nitrogens is 1. The molecule has 4 rings (SSSR count). The van der Waals surface area contributed by atoms with Crippen molar-refractivity contribution in [2.24, 2.45) is 0 Å². The Morgan fingerprint density at radius 3 is 2.75 bits per heavy atom. The quantitative estimate of drug-likeness (QED) is 0.682. The summed E-state index contributed by atoms with van der Waals surface area (Å²) >= 11 is 0. The first kappa shape index (κ1) is 16.2. The Morgan fingerprint density at radius 1 is 1.17 bits per heavy atom. The molecule has 0 radical (unpaired) electrons. The molecule has 0 spiro atoms. The number of nitrogens with zero attached hydrogens (tertiary/aromatic N) is 1. The fraction of sp³-hybridized carbons (Fsp3) is 0.300. The third-order valence-electron chi connectivity index (χ3n) is 4.56. The molecule has 2 atom stereocenters. The van der Waals surface area contributed by atoms with E-state index in [-0.39, 0.29) is 0 Å². The van der Waals surface area contributed by atoms with E-state index < -0.39 is 0 Å². The van der Waals surface area contributed by atoms with Crippen LogP contribution in [0, 0.1) is 6.92 Å². The first-order valence-corrected chi connectivity index (χ1v) is 8.51. The maximum absolute atomic E-state index is 10.7. The van der Waals surface area contributed by atoms with Crippen LogP contribution in [0.15, 0.2) is 42.5 Å². The molecule has 24 heavy (non-hydrogen) atoms. The van der Waals surface area contributed by atoms with Crippen LogP contribution in [0.4, 0.5) is 5.69 Å². The molecule has 1 aromatic heterocycles. The number of carbonyl (C=O) groups is 1. The van der Waals surface area contributed by atoms with Gasteiger partial charge in [-0.1, -0.05) is 44.2 Å². The molecule has 1 aliphatic rings. The SMILES string of the molecule is CC.Cc1[nH]nc2cc(C3CC3c3ccccc3NC=O)ccc12. The van der Waals surface area contributed by atoms with Crippen LogP contribution in [0.3, 0.4) is 0 Å². The lowest BCUT2D eigenvalue weighted by Gasteiger charge is -2.08. The fourth-order valence-corrected chi connectivity index (χ4v) is 3.32. The van der Waals surface area contributed by atoms with Gasteiger partial charge in [-0.2, -0.15) is 5.10 Å². The van der Waals surface area contributed by atoms with Crippen LogP contribution in [-0.2, 0) is 4.79 Å². The van der Waals surface area contributed by atoms with Crippen LogP contribution in [0.1, 0.15) is 48.9 Å². The van der Waals surface area contributed by atoms with Crippen LogP contribution < -0.4 is 5.32 Å². The third kappa shape index (κ3) is 2.92. The Kier molecular flexibility index (Phi) is 4.65. The maximum atomic E-state index is 10.7. The zero-order chi connectivity index (χ0) is 17.1. The van der Waals surface area contributed by atoms with E-state index in [1.54, 1.807) is 0 Å². The van der Waals surface area contributed by atoms with E-state index in [9.17, 15) is 4.79 Å². The topological polar surface area (TPSA) is 57.8 Å². The van der Waals surface area contributed by atoms with Crippen molar-refractivity contribution in [3.8, 4) is 0 Å². The van der Waals surface area contributed by atoms with Gasteiger partial charge in [0.15, 0.2) is 0 Å². The largest absolute Gasteiger partial charge is 0.328 e. The Bertz CT molecular complexity index is 853. The summed E-state index contributed by atoms with van der Waals surface area (Å²) in [4.78, 5) is 10.7. The van der Waals surface area contributed by atoms with Crippen LogP contribution >= 0.6 is 0 Å². The number of rotatable bonds is 4. The number of hydrogen-bond acceptors (Lipinski definition) is 2. The third-order valence-corrected chi connectivity index (χ3v) is 4.56. The molecule has 0 saturated heterocycles. The average molecular weight is 321 g/mol. The molecule has 3 aromatic rings. The lowest BCUT2D eigenvalue weighted by molar-refractivity contribution is -0.105. The molecule has 0 bridgehead atoms. The number of benzene rings is 2. The van der Waals surface area contributed by atoms with Crippen molar-refractivity contribution in [1.29, 1.82) is 0 Å². The summed E-state index contributed by atoms with van der Waals surface area (Å²) in [5.41, 5.74) is 5.60. The Morgan fingerprint density at radius 2 is 1.96 bits per heavy atom. The van der Waals surface area contributed by atoms with Gasteiger partial charge < -0.3 is 5.32 Å². The van der Waals surface area contributed by atoms with Gasteiger partial charge in [0.2, 0.25) is 6.41 Å². The molecule has 4 nitrogen and oxygen atoms in total. The second-order valence-electron chi connectivity index (χ2n) is 5.92. The number of carbonyl (C=O) groups excluding carboxylic acids is 1. The molecule has 1 heterocycles. The average Bonchev–Trinajstić information content (AvgIpc) is 3.34. The fourth-order valence-electron chi connectivity index (χ4n) is 3.32. The first-order chi connectivity index (χ1) is 11.8. The summed E-state index contributed by atoms with van der Waals surface area (Å²) < 4.78 is 0. The van der Waals surface area contributed by atoms with Gasteiger partial charge in [-0.15, -0.1) is 0 Å². The van der Waals surface area contributed by atoms with E-state index in [0.717, 1.165) is 29.7 Å². The number of amides is 1. The molecule has 1 fully saturated rings. The zero-order valence-electron chi connectivity index (χ0n) is 14.3. The predicted octanol–water partition coefficient (Wildman–Crippen LogP) is 4.74. The maximum Gasteiger partial charge on any atom is 0.211 e. The smallest absolute Gasteiger partial charge is 0.211 e. The molecule has 1 aliphatic carbocycles. The van der Waals surface area contributed by atoms with Crippen LogP contribution in [0.25, 0.3) is 10.9 Å². The first-order valence-electron chi connectivity index (χ1n) is 8.51. The van der Waals surface area contributed by atoms with Crippen molar-refractivity contribution < 1.29 is 4.79 Å². The monoisotopic (exact) mass is 321 g/mol. The number of hydrogen-bond donors (Lipinski definition) is 2. The Balaban J connectivity index is 0.000000815. The number of aromatic nitrogens is 2. The van der Waals surface area contributed by atoms with Gasteiger partial charge >= 0.3 is 0 Å². The second kappa shape index (κ2) is 6.87. The Hall–Kier alpha value is -2.62. The lowest BCUT2D eigenvalue weighted by atomic mass is 10.0. The lowest BCUT2D eigenvalue weighted by Crippen LogP contribution is -1.98. The van der Waals surface area contributed by atoms with Gasteiger partial charge in [0.25, 0.3) is 0 Å². The molecule has 124 valence electrons. The molecular formula is C20H23N3O. The summed E-state index contributed by atoms with van der Waals surface area (Å²) in [6.07, 6.45) is 1.86. The minimum Gasteiger partial charge on any atom is -0.328 e. The van der Waals surface area contributed by atoms with E-state index in [4.69, 9.17) is 0 Å². The summed E-state index contributed by atoms with van der Waals surface area (Å²) in [6.45, 7) is 6.04. The van der Waals surface area contributed by atoms with Crippen molar-refractivity contribution in [2.75, 3.05) is 5.32 Å². The number of anilines is 1. The number of fused-ring (bicyclic) bond motifs is 1. The van der Waals surface area contributed by atoms with E-state index in [1.165, 1.54) is 16.5 Å². The molecule has 2 N–H and O–H groups in total. The van der Waals surface area contributed by atoms with Crippen LogP contribution in [0.5, 0.6) is 0 Å². The van der Waals surface area contributed by atoms with Crippen LogP contribution in [-0.4, -0.2) is 16.6 Å². The van der Waals surface area contributed by atoms with E-state index in [0.29, 0.717) is 11.8 Å². The highest BCUT2D eigenvalue weighted by Crippen LogP contribution is 2.56. The Labute approximate surface area is 142 Å². The minimum atomic E-state index is 0.473. The summed E-state index contributed by atoms with van der Waals surface area (Å²) in [6, 6.07) is 14.6. The molecule has 1 amide bonds. The van der Waals surface area contributed by atoms with Crippen molar-refractivity contribution in [3.63, 3.8) is 0 Å². The number of para-hydroxylation sites is 1. The van der Waals surface area contributed by atoms with Crippen molar-refractivity contribution >= 4 is 23.0 Å². The van der Waals surface area contributed by atoms with Gasteiger partial charge in [0.05, 0.1) is 5.52 Å². The normalized spacial score (nSPS) is 18.6. The van der Waals surface area contributed by atoms with Gasteiger partial charge in [-0.3, -0.25) is 9.89 Å². The summed E-state index contributed by atoms with van der Waals surface area (Å²) in [7, 11) is 0. The van der Waals surface area contributed by atoms with Crippen LogP contribution in [0.2, 0.25) is 0 Å². The molecule has 1 saturated carbocycles. The van der Waals surface area contributed by atoms with Crippen molar-refractivity contribution in [1.82, 2.24) is 10.2 Å². The standard InChI is InChI=1S/C18H17N3O.C2H6/c1-11-13-7-6-12(8-18(13)21-20-11)15-9-16(15)14-4-2-3-5-17(14)19-10-22;1-2/h2-8,10,15-16H,9H2,1H3,(H,19,22)(H,20,21);1-2H3. The highest BCUT2D eigenvalue weighted by molar-refractivity contribution is 5.82. The number of nitrogens with one attached hydrogen (secondary N) is 2. The van der Waals surface area contributed by atoms with Gasteiger partial charge in [-0.05, 0) is 48.4 Å². The molecule has 2 aromatic carbocycles. The zero-order valence-corrected chi connectivity index (χ0v) is 14.3. The minimum absolute atomic E-state index is 0.473. The number of aromatic amines is 1. The van der Waals surface area contributed by atoms with Crippen molar-refractivity contribution in [2.45, 2.75) is 39.0 Å². The highest BCUT2D eigenvalue weighted by Gasteiger charge is 2.40. The summed E-state index contributed by atoms with van der Waals surface area (Å²) in [5, 5.41) is 11.4. The molecule has 2 unspecified atom stereocenters. The van der Waals surface area contributed by atoms with E-state index in [2.05, 4.69) is 39.8 Å². The molecule has 0 aliphatic heterocycles. The summed E-state index contributed by atoms with van der Waals surface area (Å²) in [5.74, 6) is 0.983. The van der Waals surface area contributed by atoms with Gasteiger partial charge in [-0.25, -0.2) is 0 Å². The van der Waals surface area contributed by atoms with Crippen molar-refractivity contribution in [3.05, 3.63) is 59.3 Å². The number of aryl methyl sites for hydroxylation is 1. The van der Waals surface area contributed by atoms with Gasteiger partial charge in [0.1, 0.15) is 0 Å². The predicted molar refractivity (Wildman–Crippen MR) is 98.4 cm³/mol.